The summed E-state index contributed by atoms with van der Waals surface area (Å²) in [5.41, 5.74) is 11.2. The Morgan fingerprint density at radius 1 is 0.941 bits per heavy atom. The lowest BCUT2D eigenvalue weighted by molar-refractivity contribution is -0.000659. The van der Waals surface area contributed by atoms with E-state index < -0.39 is 20.5 Å². The van der Waals surface area contributed by atoms with E-state index in [2.05, 4.69) is 21.3 Å². The van der Waals surface area contributed by atoms with Crippen LogP contribution in [0.5, 0.6) is 0 Å². The number of nitrogens with two attached hydrogens (primary N) is 1. The van der Waals surface area contributed by atoms with Gasteiger partial charge >= 0.3 is 7.82 Å². The Morgan fingerprint density at radius 2 is 1.62 bits per heavy atom. The monoisotopic (exact) mass is 478 g/mol. The highest BCUT2D eigenvalue weighted by molar-refractivity contribution is 7.46. The molecule has 0 spiro atoms. The fourth-order valence-corrected chi connectivity index (χ4v) is 3.96. The Bertz CT molecular complexity index is 1420. The number of aromatic nitrogens is 1. The molecule has 0 fully saturated rings. The largest absolute Gasteiger partial charge is 0.470 e. The van der Waals surface area contributed by atoms with Crippen LogP contribution in [0.2, 0.25) is 0 Å². The molecule has 0 bridgehead atoms. The first-order valence-electron chi connectivity index (χ1n) is 10.4. The Balaban J connectivity index is 1.42. The lowest BCUT2D eigenvalue weighted by Gasteiger charge is -2.15. The molecule has 3 aromatic carbocycles. The van der Waals surface area contributed by atoms with E-state index in [4.69, 9.17) is 25.4 Å². The fourth-order valence-electron chi connectivity index (χ4n) is 3.45. The summed E-state index contributed by atoms with van der Waals surface area (Å²) in [7, 11) is -4.68. The molecule has 0 aliphatic rings. The summed E-state index contributed by atoms with van der Waals surface area (Å²) in [5, 5.41) is 10.9. The van der Waals surface area contributed by atoms with Crippen molar-refractivity contribution in [1.82, 2.24) is 4.98 Å². The molecule has 0 saturated heterocycles. The second-order valence-corrected chi connectivity index (χ2v) is 8.83. The first-order valence-corrected chi connectivity index (χ1v) is 12.0. The maximum atomic E-state index is 10.9. The molecule has 0 saturated carbocycles. The summed E-state index contributed by atoms with van der Waals surface area (Å²) in [6, 6.07) is 20.9. The average Bonchev–Trinajstić information content (AvgIpc) is 2.82. The van der Waals surface area contributed by atoms with Crippen LogP contribution >= 0.6 is 7.82 Å². The number of nitrogens with zero attached hydrogens (tertiary/aromatic N) is 1. The standard InChI is InChI=1S/C25H23N2O6P/c26-25-21-3-1-2-4-23(21)27-24-12-11-18(13-22(24)25)8-5-17-6-9-19(10-7-17)15-32-16-20(14-28)33-34(29,30)31/h1-4,6-7,9-13,20,28H,14-16H2,(H2,26,27)(H2,29,30,31)/t20-/m1/s1. The molecule has 5 N–H and O–H groups in total. The van der Waals surface area contributed by atoms with Crippen LogP contribution in [0.1, 0.15) is 16.7 Å². The number of anilines is 1. The van der Waals surface area contributed by atoms with Crippen molar-refractivity contribution in [3.05, 3.63) is 83.4 Å². The first-order chi connectivity index (χ1) is 16.3. The zero-order chi connectivity index (χ0) is 24.1. The molecule has 34 heavy (non-hydrogen) atoms. The molecule has 0 aliphatic carbocycles. The van der Waals surface area contributed by atoms with Crippen LogP contribution in [-0.2, 0) is 20.4 Å². The predicted octanol–water partition coefficient (Wildman–Crippen LogP) is 3.36. The number of phosphoric ester groups is 1. The van der Waals surface area contributed by atoms with Gasteiger partial charge in [-0.25, -0.2) is 9.55 Å². The van der Waals surface area contributed by atoms with Gasteiger partial charge < -0.3 is 25.4 Å². The number of fused-ring (bicyclic) bond motifs is 2. The molecular formula is C25H23N2O6P. The number of hydrogen-bond acceptors (Lipinski definition) is 6. The Kier molecular flexibility index (Phi) is 7.25. The first kappa shape index (κ1) is 23.9. The highest BCUT2D eigenvalue weighted by Gasteiger charge is 2.21. The van der Waals surface area contributed by atoms with Crippen LogP contribution in [-0.4, -0.2) is 39.2 Å². The van der Waals surface area contributed by atoms with E-state index >= 15 is 0 Å². The van der Waals surface area contributed by atoms with Crippen molar-refractivity contribution in [3.63, 3.8) is 0 Å². The number of rotatable bonds is 7. The minimum absolute atomic E-state index is 0.154. The van der Waals surface area contributed by atoms with Crippen LogP contribution in [0.25, 0.3) is 21.8 Å². The van der Waals surface area contributed by atoms with Gasteiger partial charge in [-0.05, 0) is 42.0 Å². The van der Waals surface area contributed by atoms with Crippen LogP contribution in [0.3, 0.4) is 0 Å². The minimum atomic E-state index is -4.68. The average molecular weight is 478 g/mol. The predicted molar refractivity (Wildman–Crippen MR) is 130 cm³/mol. The molecule has 1 atom stereocenters. The lowest BCUT2D eigenvalue weighted by Crippen LogP contribution is -2.22. The van der Waals surface area contributed by atoms with E-state index in [0.717, 1.165) is 38.5 Å². The number of benzene rings is 3. The number of pyridine rings is 1. The van der Waals surface area contributed by atoms with Crippen molar-refractivity contribution in [2.24, 2.45) is 0 Å². The molecular weight excluding hydrogens is 455 g/mol. The summed E-state index contributed by atoms with van der Waals surface area (Å²) in [6.07, 6.45) is -1.10. The van der Waals surface area contributed by atoms with Gasteiger partial charge in [0, 0.05) is 21.9 Å². The van der Waals surface area contributed by atoms with Gasteiger partial charge in [-0.3, -0.25) is 4.52 Å². The zero-order valence-electron chi connectivity index (χ0n) is 18.1. The molecule has 9 heteroatoms. The Labute approximate surface area is 196 Å². The van der Waals surface area contributed by atoms with Gasteiger partial charge in [0.2, 0.25) is 0 Å². The van der Waals surface area contributed by atoms with Crippen LogP contribution in [0, 0.1) is 11.8 Å². The van der Waals surface area contributed by atoms with Crippen molar-refractivity contribution in [1.29, 1.82) is 0 Å². The lowest BCUT2D eigenvalue weighted by atomic mass is 10.1. The number of aliphatic hydroxyl groups excluding tert-OH is 1. The van der Waals surface area contributed by atoms with Crippen molar-refractivity contribution in [2.75, 3.05) is 18.9 Å². The highest BCUT2D eigenvalue weighted by atomic mass is 31.2. The maximum Gasteiger partial charge on any atom is 0.470 e. The molecule has 0 unspecified atom stereocenters. The van der Waals surface area contributed by atoms with Gasteiger partial charge in [0.05, 0.1) is 36.5 Å². The van der Waals surface area contributed by atoms with E-state index in [1.54, 1.807) is 0 Å². The highest BCUT2D eigenvalue weighted by Crippen LogP contribution is 2.37. The van der Waals surface area contributed by atoms with Gasteiger partial charge in [0.15, 0.2) is 0 Å². The second-order valence-electron chi connectivity index (χ2n) is 7.64. The number of aliphatic hydroxyl groups is 1. The number of para-hydroxylation sites is 1. The van der Waals surface area contributed by atoms with Gasteiger partial charge in [-0.1, -0.05) is 42.2 Å². The third-order valence-electron chi connectivity index (χ3n) is 5.09. The normalized spacial score (nSPS) is 12.4. The Morgan fingerprint density at radius 3 is 2.35 bits per heavy atom. The van der Waals surface area contributed by atoms with E-state index in [1.165, 1.54) is 0 Å². The summed E-state index contributed by atoms with van der Waals surface area (Å²) in [5.74, 6) is 6.28. The van der Waals surface area contributed by atoms with E-state index in [0.29, 0.717) is 5.69 Å². The summed E-state index contributed by atoms with van der Waals surface area (Å²) in [6.45, 7) is -0.523. The maximum absolute atomic E-state index is 10.9. The van der Waals surface area contributed by atoms with Gasteiger partial charge in [-0.2, -0.15) is 0 Å². The van der Waals surface area contributed by atoms with Gasteiger partial charge in [0.25, 0.3) is 0 Å². The quantitative estimate of drug-likeness (QED) is 0.180. The molecule has 4 aromatic rings. The minimum Gasteiger partial charge on any atom is -0.398 e. The van der Waals surface area contributed by atoms with Gasteiger partial charge in [-0.15, -0.1) is 0 Å². The molecule has 1 heterocycles. The third-order valence-corrected chi connectivity index (χ3v) is 5.66. The zero-order valence-corrected chi connectivity index (χ0v) is 19.0. The van der Waals surface area contributed by atoms with Gasteiger partial charge in [0.1, 0.15) is 6.10 Å². The van der Waals surface area contributed by atoms with Crippen molar-refractivity contribution in [3.8, 4) is 11.8 Å². The number of hydrogen-bond donors (Lipinski definition) is 4. The number of ether oxygens (including phenoxy) is 1. The fraction of sp³-hybridized carbons (Fsp3) is 0.160. The van der Waals surface area contributed by atoms with Crippen LogP contribution < -0.4 is 5.73 Å². The van der Waals surface area contributed by atoms with Crippen molar-refractivity contribution < 1.29 is 28.7 Å². The van der Waals surface area contributed by atoms with E-state index in [9.17, 15) is 4.57 Å². The SMILES string of the molecule is Nc1c2ccccc2nc2ccc(C#Cc3ccc(COC[C@@H](CO)OP(=O)(O)O)cc3)cc12. The Hall–Kier alpha value is -3.28. The smallest absolute Gasteiger partial charge is 0.398 e. The molecule has 8 nitrogen and oxygen atoms in total. The van der Waals surface area contributed by atoms with E-state index in [1.807, 2.05) is 66.7 Å². The van der Waals surface area contributed by atoms with Crippen molar-refractivity contribution >= 4 is 35.3 Å². The molecule has 0 radical (unpaired) electrons. The molecule has 4 rings (SSSR count). The van der Waals surface area contributed by atoms with Crippen molar-refractivity contribution in [2.45, 2.75) is 12.7 Å². The molecule has 1 aromatic heterocycles. The number of nitrogen functional groups attached to an aromatic ring is 1. The third kappa shape index (κ3) is 5.99. The summed E-state index contributed by atoms with van der Waals surface area (Å²) < 4.78 is 20.7. The molecule has 0 aliphatic heterocycles. The summed E-state index contributed by atoms with van der Waals surface area (Å²) in [4.78, 5) is 22.3. The van der Waals surface area contributed by atoms with E-state index in [-0.39, 0.29) is 13.2 Å². The van der Waals surface area contributed by atoms with Crippen LogP contribution in [0.15, 0.2) is 66.7 Å². The van der Waals surface area contributed by atoms with Crippen LogP contribution in [0.4, 0.5) is 5.69 Å². The molecule has 174 valence electrons. The topological polar surface area (TPSA) is 135 Å². The number of phosphoric acid groups is 1. The second kappa shape index (κ2) is 10.3. The summed E-state index contributed by atoms with van der Waals surface area (Å²) >= 11 is 0. The molecule has 0 amide bonds.